The molecule has 0 bridgehead atoms. The lowest BCUT2D eigenvalue weighted by molar-refractivity contribution is -0.123. The smallest absolute Gasteiger partial charge is 0.222 e. The van der Waals surface area contributed by atoms with Gasteiger partial charge in [-0.05, 0) is 16.7 Å². The Labute approximate surface area is 283 Å². The highest BCUT2D eigenvalue weighted by Crippen LogP contribution is 2.12. The van der Waals surface area contributed by atoms with E-state index in [1.54, 1.807) is 20.8 Å². The summed E-state index contributed by atoms with van der Waals surface area (Å²) in [6, 6.07) is 5.62. The molecule has 0 radical (unpaired) electrons. The first-order valence-electron chi connectivity index (χ1n) is 16.6. The quantitative estimate of drug-likeness (QED) is 0.0710. The van der Waals surface area contributed by atoms with Crippen molar-refractivity contribution in [2.45, 2.75) is 78.9 Å². The van der Waals surface area contributed by atoms with Crippen molar-refractivity contribution in [3.63, 3.8) is 0 Å². The number of carbonyl (C=O) groups is 6. The molecular formula is C33H54N6O9. The summed E-state index contributed by atoms with van der Waals surface area (Å²) in [6.07, 6.45) is 1.66. The largest absolute Gasteiger partial charge is 0.379 e. The number of ether oxygens (including phenoxy) is 3. The Balaban J connectivity index is 2.61. The van der Waals surface area contributed by atoms with Crippen LogP contribution in [-0.2, 0) is 62.6 Å². The van der Waals surface area contributed by atoms with Crippen molar-refractivity contribution in [2.75, 3.05) is 59.3 Å². The van der Waals surface area contributed by atoms with Crippen molar-refractivity contribution >= 4 is 35.4 Å². The molecule has 48 heavy (non-hydrogen) atoms. The first-order chi connectivity index (χ1) is 23.2. The lowest BCUT2D eigenvalue weighted by Gasteiger charge is -2.13. The Hall–Kier alpha value is -4.08. The monoisotopic (exact) mass is 678 g/mol. The average Bonchev–Trinajstić information content (AvgIpc) is 3.09. The van der Waals surface area contributed by atoms with Crippen LogP contribution in [0.5, 0.6) is 0 Å². The van der Waals surface area contributed by atoms with Crippen LogP contribution >= 0.6 is 0 Å². The second-order valence-corrected chi connectivity index (χ2v) is 10.7. The van der Waals surface area contributed by atoms with Gasteiger partial charge in [-0.15, -0.1) is 0 Å². The van der Waals surface area contributed by atoms with Crippen molar-refractivity contribution in [1.29, 1.82) is 0 Å². The van der Waals surface area contributed by atoms with E-state index in [9.17, 15) is 28.8 Å². The van der Waals surface area contributed by atoms with Crippen molar-refractivity contribution in [2.24, 2.45) is 0 Å². The molecule has 0 aromatic heterocycles. The summed E-state index contributed by atoms with van der Waals surface area (Å²) < 4.78 is 16.2. The molecule has 0 aliphatic carbocycles. The van der Waals surface area contributed by atoms with E-state index in [0.29, 0.717) is 58.7 Å². The van der Waals surface area contributed by atoms with Crippen molar-refractivity contribution in [3.05, 3.63) is 34.9 Å². The molecule has 0 saturated heterocycles. The van der Waals surface area contributed by atoms with E-state index in [4.69, 9.17) is 14.2 Å². The van der Waals surface area contributed by atoms with Crippen LogP contribution in [0, 0.1) is 0 Å². The van der Waals surface area contributed by atoms with Crippen LogP contribution in [0.15, 0.2) is 18.2 Å². The predicted octanol–water partition coefficient (Wildman–Crippen LogP) is 0.334. The molecule has 270 valence electrons. The number of rotatable bonds is 27. The minimum Gasteiger partial charge on any atom is -0.379 e. The maximum absolute atomic E-state index is 12.4. The van der Waals surface area contributed by atoms with E-state index in [-0.39, 0.29) is 94.2 Å². The van der Waals surface area contributed by atoms with Gasteiger partial charge in [0, 0.05) is 77.8 Å². The number of hydrogen-bond donors (Lipinski definition) is 6. The molecule has 0 aliphatic heterocycles. The third kappa shape index (κ3) is 22.4. The van der Waals surface area contributed by atoms with E-state index >= 15 is 0 Å². The maximum Gasteiger partial charge on any atom is 0.222 e. The molecule has 1 rings (SSSR count). The topological polar surface area (TPSA) is 202 Å². The first kappa shape index (κ1) is 41.9. The first-order valence-corrected chi connectivity index (χ1v) is 16.6. The number of nitrogens with one attached hydrogen (secondary N) is 6. The van der Waals surface area contributed by atoms with Gasteiger partial charge in [-0.25, -0.2) is 0 Å². The molecule has 0 atom stereocenters. The number of carbonyl (C=O) groups excluding carboxylic acids is 6. The van der Waals surface area contributed by atoms with Crippen LogP contribution in [0.2, 0.25) is 0 Å². The summed E-state index contributed by atoms with van der Waals surface area (Å²) in [5.74, 6) is -0.789. The zero-order valence-corrected chi connectivity index (χ0v) is 28.6. The number of benzene rings is 1. The Morgan fingerprint density at radius 1 is 0.417 bits per heavy atom. The fraction of sp³-hybridized carbons (Fsp3) is 0.636. The zero-order valence-electron chi connectivity index (χ0n) is 28.6. The highest BCUT2D eigenvalue weighted by atomic mass is 16.5. The van der Waals surface area contributed by atoms with Crippen LogP contribution in [0.3, 0.4) is 0 Å². The summed E-state index contributed by atoms with van der Waals surface area (Å²) in [4.78, 5) is 71.0. The van der Waals surface area contributed by atoms with Gasteiger partial charge in [-0.1, -0.05) is 39.0 Å². The molecule has 1 aromatic carbocycles. The van der Waals surface area contributed by atoms with Gasteiger partial charge in [-0.3, -0.25) is 28.8 Å². The Kier molecular flexibility index (Phi) is 23.5. The van der Waals surface area contributed by atoms with Crippen LogP contribution in [0.1, 0.15) is 76.0 Å². The second-order valence-electron chi connectivity index (χ2n) is 10.7. The van der Waals surface area contributed by atoms with Crippen molar-refractivity contribution in [1.82, 2.24) is 31.9 Å². The SMILES string of the molecule is CCC(=O)NCCOCCC(=O)NCc1cc(CNC(=O)CCOCCNC(=O)CC)cc(CNC(=O)CCOCCNC(=O)CC)c1. The average molecular weight is 679 g/mol. The summed E-state index contributed by atoms with van der Waals surface area (Å²) in [7, 11) is 0. The zero-order chi connectivity index (χ0) is 35.4. The Bertz CT molecular complexity index is 998. The molecule has 6 amide bonds. The fourth-order valence-electron chi connectivity index (χ4n) is 3.98. The molecule has 0 saturated carbocycles. The predicted molar refractivity (Wildman–Crippen MR) is 178 cm³/mol. The number of hydrogen-bond acceptors (Lipinski definition) is 9. The lowest BCUT2D eigenvalue weighted by atomic mass is 10.0. The summed E-state index contributed by atoms with van der Waals surface area (Å²) in [5, 5.41) is 16.7. The Morgan fingerprint density at radius 3 is 0.938 bits per heavy atom. The molecule has 15 heteroatoms. The summed E-state index contributed by atoms with van der Waals surface area (Å²) in [6.45, 7) is 8.73. The second kappa shape index (κ2) is 26.9. The van der Waals surface area contributed by atoms with Gasteiger partial charge < -0.3 is 46.1 Å². The lowest BCUT2D eigenvalue weighted by Crippen LogP contribution is -2.28. The maximum atomic E-state index is 12.4. The molecule has 0 fully saturated rings. The van der Waals surface area contributed by atoms with E-state index in [1.165, 1.54) is 0 Å². The van der Waals surface area contributed by atoms with Gasteiger partial charge in [0.05, 0.1) is 39.6 Å². The van der Waals surface area contributed by atoms with Crippen LogP contribution in [-0.4, -0.2) is 94.7 Å². The van der Waals surface area contributed by atoms with Crippen molar-refractivity contribution < 1.29 is 43.0 Å². The fourth-order valence-corrected chi connectivity index (χ4v) is 3.98. The van der Waals surface area contributed by atoms with Crippen LogP contribution in [0.25, 0.3) is 0 Å². The third-order valence-corrected chi connectivity index (χ3v) is 6.67. The van der Waals surface area contributed by atoms with E-state index in [0.717, 1.165) is 16.7 Å². The van der Waals surface area contributed by atoms with E-state index in [1.807, 2.05) is 18.2 Å². The number of amides is 6. The summed E-state index contributed by atoms with van der Waals surface area (Å²) in [5.41, 5.74) is 2.37. The molecule has 1 aromatic rings. The van der Waals surface area contributed by atoms with Crippen LogP contribution in [0.4, 0.5) is 0 Å². The molecule has 0 unspecified atom stereocenters. The van der Waals surface area contributed by atoms with Gasteiger partial charge in [0.2, 0.25) is 35.4 Å². The molecule has 0 heterocycles. The highest BCUT2D eigenvalue weighted by Gasteiger charge is 2.09. The third-order valence-electron chi connectivity index (χ3n) is 6.67. The van der Waals surface area contributed by atoms with Gasteiger partial charge in [0.15, 0.2) is 0 Å². The minimum atomic E-state index is -0.204. The summed E-state index contributed by atoms with van der Waals surface area (Å²) >= 11 is 0. The van der Waals surface area contributed by atoms with Crippen molar-refractivity contribution in [3.8, 4) is 0 Å². The van der Waals surface area contributed by atoms with Gasteiger partial charge in [0.25, 0.3) is 0 Å². The normalized spacial score (nSPS) is 10.6. The van der Waals surface area contributed by atoms with Gasteiger partial charge in [-0.2, -0.15) is 0 Å². The molecular weight excluding hydrogens is 624 g/mol. The molecule has 0 aliphatic rings. The minimum absolute atomic E-state index is 0.0590. The molecule has 6 N–H and O–H groups in total. The molecule has 0 spiro atoms. The van der Waals surface area contributed by atoms with Crippen LogP contribution < -0.4 is 31.9 Å². The standard InChI is InChI=1S/C33H54N6O9/c1-4-28(40)34-10-16-46-13-7-31(43)37-22-25-19-26(23-38-32(44)8-14-47-17-11-35-29(41)5-2)21-27(20-25)24-39-33(45)9-15-48-18-12-36-30(42)6-3/h19-21H,4-18,22-24H2,1-3H3,(H,34,40)(H,35,41)(H,36,42)(H,37,43)(H,38,44)(H,39,45). The van der Waals surface area contributed by atoms with E-state index in [2.05, 4.69) is 31.9 Å². The van der Waals surface area contributed by atoms with E-state index < -0.39 is 0 Å². The van der Waals surface area contributed by atoms with Gasteiger partial charge >= 0.3 is 0 Å². The van der Waals surface area contributed by atoms with Gasteiger partial charge in [0.1, 0.15) is 0 Å². The molecule has 15 nitrogen and oxygen atoms in total. The Morgan fingerprint density at radius 2 is 0.688 bits per heavy atom. The highest BCUT2D eigenvalue weighted by molar-refractivity contribution is 5.77.